The zero-order chi connectivity index (χ0) is 21.6. The molecule has 2 aromatic carbocycles. The average molecular weight is 409 g/mol. The number of amides is 2. The highest BCUT2D eigenvalue weighted by molar-refractivity contribution is 5.95. The summed E-state index contributed by atoms with van der Waals surface area (Å²) in [6, 6.07) is 15.0. The third-order valence-electron chi connectivity index (χ3n) is 5.44. The van der Waals surface area contributed by atoms with Crippen LogP contribution in [0.1, 0.15) is 58.4 Å². The second-order valence-corrected chi connectivity index (χ2v) is 8.99. The van der Waals surface area contributed by atoms with Crippen LogP contribution >= 0.6 is 0 Å². The zero-order valence-electron chi connectivity index (χ0n) is 18.2. The molecule has 3 rings (SSSR count). The summed E-state index contributed by atoms with van der Waals surface area (Å²) >= 11 is 0. The molecule has 5 nitrogen and oxygen atoms in total. The minimum Gasteiger partial charge on any atom is -0.483 e. The fourth-order valence-corrected chi connectivity index (χ4v) is 3.84. The van der Waals surface area contributed by atoms with Crippen molar-refractivity contribution in [2.24, 2.45) is 5.92 Å². The molecule has 1 saturated carbocycles. The van der Waals surface area contributed by atoms with Crippen molar-refractivity contribution in [1.29, 1.82) is 0 Å². The number of carbonyl (C=O) groups excluding carboxylic acids is 2. The molecule has 0 unspecified atom stereocenters. The Morgan fingerprint density at radius 2 is 1.60 bits per heavy atom. The lowest BCUT2D eigenvalue weighted by atomic mass is 9.86. The summed E-state index contributed by atoms with van der Waals surface area (Å²) < 4.78 is 5.79. The molecular weight excluding hydrogens is 376 g/mol. The molecule has 0 radical (unpaired) electrons. The van der Waals surface area contributed by atoms with Gasteiger partial charge in [0.15, 0.2) is 6.61 Å². The first-order valence-corrected chi connectivity index (χ1v) is 10.8. The van der Waals surface area contributed by atoms with E-state index in [1.165, 1.54) is 6.42 Å². The van der Waals surface area contributed by atoms with E-state index in [0.29, 0.717) is 17.1 Å². The Morgan fingerprint density at radius 1 is 0.933 bits per heavy atom. The molecule has 160 valence electrons. The number of para-hydroxylation sites is 1. The van der Waals surface area contributed by atoms with Crippen LogP contribution in [0.4, 0.5) is 11.4 Å². The molecule has 0 saturated heterocycles. The highest BCUT2D eigenvalue weighted by Gasteiger charge is 2.21. The van der Waals surface area contributed by atoms with Crippen molar-refractivity contribution in [2.75, 3.05) is 17.2 Å². The van der Waals surface area contributed by atoms with Gasteiger partial charge in [0, 0.05) is 17.3 Å². The fourth-order valence-electron chi connectivity index (χ4n) is 3.84. The van der Waals surface area contributed by atoms with Crippen LogP contribution in [-0.2, 0) is 15.0 Å². The van der Waals surface area contributed by atoms with Gasteiger partial charge in [0.25, 0.3) is 5.91 Å². The van der Waals surface area contributed by atoms with E-state index in [-0.39, 0.29) is 29.8 Å². The van der Waals surface area contributed by atoms with Gasteiger partial charge in [0.1, 0.15) is 5.75 Å². The molecule has 30 heavy (non-hydrogen) atoms. The molecule has 0 aromatic heterocycles. The maximum Gasteiger partial charge on any atom is 0.262 e. The lowest BCUT2D eigenvalue weighted by molar-refractivity contribution is -0.120. The molecule has 0 aliphatic heterocycles. The Balaban J connectivity index is 1.56. The highest BCUT2D eigenvalue weighted by atomic mass is 16.5. The monoisotopic (exact) mass is 408 g/mol. The molecule has 2 aromatic rings. The van der Waals surface area contributed by atoms with E-state index < -0.39 is 0 Å². The SMILES string of the molecule is CC(C)(C)c1ccccc1OCC(=O)Nc1cccc(NC(=O)C2CCCCC2)c1. The van der Waals surface area contributed by atoms with Gasteiger partial charge in [-0.15, -0.1) is 0 Å². The van der Waals surface area contributed by atoms with Gasteiger partial charge in [-0.2, -0.15) is 0 Å². The number of hydrogen-bond donors (Lipinski definition) is 2. The molecule has 2 N–H and O–H groups in total. The van der Waals surface area contributed by atoms with Crippen LogP contribution in [-0.4, -0.2) is 18.4 Å². The van der Waals surface area contributed by atoms with Crippen molar-refractivity contribution in [3.63, 3.8) is 0 Å². The fraction of sp³-hybridized carbons (Fsp3) is 0.440. The molecule has 1 aliphatic carbocycles. The number of anilines is 2. The predicted octanol–water partition coefficient (Wildman–Crippen LogP) is 5.52. The topological polar surface area (TPSA) is 67.4 Å². The number of hydrogen-bond acceptors (Lipinski definition) is 3. The quantitative estimate of drug-likeness (QED) is 0.661. The summed E-state index contributed by atoms with van der Waals surface area (Å²) in [6.45, 7) is 6.26. The third-order valence-corrected chi connectivity index (χ3v) is 5.44. The van der Waals surface area contributed by atoms with Crippen molar-refractivity contribution in [3.8, 4) is 5.75 Å². The van der Waals surface area contributed by atoms with Crippen LogP contribution in [0.5, 0.6) is 5.75 Å². The zero-order valence-corrected chi connectivity index (χ0v) is 18.2. The van der Waals surface area contributed by atoms with Crippen LogP contribution in [0.15, 0.2) is 48.5 Å². The lowest BCUT2D eigenvalue weighted by Gasteiger charge is -2.22. The van der Waals surface area contributed by atoms with Gasteiger partial charge < -0.3 is 15.4 Å². The van der Waals surface area contributed by atoms with E-state index in [0.717, 1.165) is 31.2 Å². The summed E-state index contributed by atoms with van der Waals surface area (Å²) in [6.07, 6.45) is 5.36. The van der Waals surface area contributed by atoms with Crippen molar-refractivity contribution in [3.05, 3.63) is 54.1 Å². The first kappa shape index (κ1) is 21.9. The van der Waals surface area contributed by atoms with E-state index in [4.69, 9.17) is 4.74 Å². The Bertz CT molecular complexity index is 880. The van der Waals surface area contributed by atoms with Crippen LogP contribution in [0.3, 0.4) is 0 Å². The largest absolute Gasteiger partial charge is 0.483 e. The van der Waals surface area contributed by atoms with E-state index in [1.54, 1.807) is 12.1 Å². The van der Waals surface area contributed by atoms with Crippen molar-refractivity contribution in [1.82, 2.24) is 0 Å². The van der Waals surface area contributed by atoms with Gasteiger partial charge in [0.2, 0.25) is 5.91 Å². The molecule has 1 fully saturated rings. The number of carbonyl (C=O) groups is 2. The first-order chi connectivity index (χ1) is 14.3. The molecule has 5 heteroatoms. The average Bonchev–Trinajstić information content (AvgIpc) is 2.73. The van der Waals surface area contributed by atoms with Gasteiger partial charge in [-0.05, 0) is 48.1 Å². The lowest BCUT2D eigenvalue weighted by Crippen LogP contribution is -2.25. The second-order valence-electron chi connectivity index (χ2n) is 8.99. The van der Waals surface area contributed by atoms with Crippen molar-refractivity contribution >= 4 is 23.2 Å². The number of nitrogens with one attached hydrogen (secondary N) is 2. The van der Waals surface area contributed by atoms with Crippen LogP contribution in [0, 0.1) is 5.92 Å². The molecule has 0 spiro atoms. The Kier molecular flexibility index (Phi) is 7.14. The molecular formula is C25H32N2O3. The van der Waals surface area contributed by atoms with Crippen molar-refractivity contribution in [2.45, 2.75) is 58.3 Å². The molecule has 1 aliphatic rings. The number of benzene rings is 2. The van der Waals surface area contributed by atoms with Gasteiger partial charge in [-0.3, -0.25) is 9.59 Å². The van der Waals surface area contributed by atoms with Crippen LogP contribution in [0.2, 0.25) is 0 Å². The third kappa shape index (κ3) is 6.09. The van der Waals surface area contributed by atoms with E-state index in [2.05, 4.69) is 31.4 Å². The molecule has 0 heterocycles. The normalized spacial score (nSPS) is 14.8. The number of rotatable bonds is 6. The number of ether oxygens (including phenoxy) is 1. The van der Waals surface area contributed by atoms with Gasteiger partial charge >= 0.3 is 0 Å². The standard InChI is InChI=1S/C25H32N2O3/c1-25(2,3)21-14-7-8-15-22(21)30-17-23(28)26-19-12-9-13-20(16-19)27-24(29)18-10-5-4-6-11-18/h7-9,12-16,18H,4-6,10-11,17H2,1-3H3,(H,26,28)(H,27,29). The summed E-state index contributed by atoms with van der Waals surface area (Å²) in [4.78, 5) is 24.9. The van der Waals surface area contributed by atoms with E-state index in [1.807, 2.05) is 36.4 Å². The van der Waals surface area contributed by atoms with Crippen LogP contribution in [0.25, 0.3) is 0 Å². The first-order valence-electron chi connectivity index (χ1n) is 10.8. The predicted molar refractivity (Wildman–Crippen MR) is 121 cm³/mol. The minimum absolute atomic E-state index is 0.0697. The van der Waals surface area contributed by atoms with E-state index in [9.17, 15) is 9.59 Å². The second kappa shape index (κ2) is 9.79. The Labute approximate surface area is 179 Å². The summed E-state index contributed by atoms with van der Waals surface area (Å²) in [7, 11) is 0. The molecule has 0 bridgehead atoms. The summed E-state index contributed by atoms with van der Waals surface area (Å²) in [5.41, 5.74) is 2.32. The van der Waals surface area contributed by atoms with Gasteiger partial charge in [-0.1, -0.05) is 64.3 Å². The van der Waals surface area contributed by atoms with Gasteiger partial charge in [0.05, 0.1) is 0 Å². The smallest absolute Gasteiger partial charge is 0.262 e. The maximum absolute atomic E-state index is 12.5. The molecule has 0 atom stereocenters. The Hall–Kier alpha value is -2.82. The van der Waals surface area contributed by atoms with Gasteiger partial charge in [-0.25, -0.2) is 0 Å². The Morgan fingerprint density at radius 3 is 2.30 bits per heavy atom. The van der Waals surface area contributed by atoms with E-state index >= 15 is 0 Å². The molecule has 2 amide bonds. The highest BCUT2D eigenvalue weighted by Crippen LogP contribution is 2.31. The summed E-state index contributed by atoms with van der Waals surface area (Å²) in [5, 5.41) is 5.83. The summed E-state index contributed by atoms with van der Waals surface area (Å²) in [5.74, 6) is 0.636. The van der Waals surface area contributed by atoms with Crippen LogP contribution < -0.4 is 15.4 Å². The maximum atomic E-state index is 12.5. The minimum atomic E-state index is -0.241. The van der Waals surface area contributed by atoms with Crippen molar-refractivity contribution < 1.29 is 14.3 Å².